The van der Waals surface area contributed by atoms with E-state index in [1.165, 1.54) is 10.6 Å². The molecule has 140 valence electrons. The lowest BCUT2D eigenvalue weighted by molar-refractivity contribution is -0.132. The maximum atomic E-state index is 12.9. The molecule has 0 aromatic heterocycles. The zero-order valence-corrected chi connectivity index (χ0v) is 16.1. The van der Waals surface area contributed by atoms with Crippen LogP contribution in [0.1, 0.15) is 43.7 Å². The lowest BCUT2D eigenvalue weighted by Crippen LogP contribution is -2.39. The van der Waals surface area contributed by atoms with Gasteiger partial charge in [-0.3, -0.25) is 9.59 Å². The third kappa shape index (κ3) is 4.42. The van der Waals surface area contributed by atoms with E-state index >= 15 is 0 Å². The van der Waals surface area contributed by atoms with Crippen LogP contribution in [0.5, 0.6) is 0 Å². The summed E-state index contributed by atoms with van der Waals surface area (Å²) in [4.78, 5) is 26.8. The third-order valence-corrected chi connectivity index (χ3v) is 4.76. The highest BCUT2D eigenvalue weighted by Gasteiger charge is 2.27. The van der Waals surface area contributed by atoms with E-state index in [0.29, 0.717) is 31.0 Å². The number of nitrogens with zero attached hydrogens (tertiary/aromatic N) is 3. The average Bonchev–Trinajstić information content (AvgIpc) is 2.69. The molecule has 0 radical (unpaired) electrons. The molecule has 2 aromatic rings. The molecule has 27 heavy (non-hydrogen) atoms. The van der Waals surface area contributed by atoms with Gasteiger partial charge in [-0.2, -0.15) is 5.10 Å². The lowest BCUT2D eigenvalue weighted by Gasteiger charge is -2.26. The Kier molecular flexibility index (Phi) is 5.69. The normalized spacial score (nSPS) is 14.3. The van der Waals surface area contributed by atoms with Crippen LogP contribution in [0.2, 0.25) is 0 Å². The van der Waals surface area contributed by atoms with Crippen LogP contribution < -0.4 is 4.90 Å². The number of rotatable bonds is 5. The summed E-state index contributed by atoms with van der Waals surface area (Å²) in [5.41, 5.74) is 3.42. The summed E-state index contributed by atoms with van der Waals surface area (Å²) >= 11 is 0. The summed E-state index contributed by atoms with van der Waals surface area (Å²) in [6.45, 7) is 4.63. The number of hydrazone groups is 1. The molecular formula is C22H25N3O2. The Labute approximate surface area is 160 Å². The number of carbonyl (C=O) groups is 2. The van der Waals surface area contributed by atoms with E-state index in [-0.39, 0.29) is 11.8 Å². The molecule has 0 unspecified atom stereocenters. The number of amides is 2. The van der Waals surface area contributed by atoms with Gasteiger partial charge < -0.3 is 4.90 Å². The molecule has 0 fully saturated rings. The minimum Gasteiger partial charge on any atom is -0.310 e. The second-order valence-corrected chi connectivity index (χ2v) is 7.10. The van der Waals surface area contributed by atoms with Gasteiger partial charge in [0, 0.05) is 25.6 Å². The van der Waals surface area contributed by atoms with Crippen LogP contribution >= 0.6 is 0 Å². The van der Waals surface area contributed by atoms with Crippen molar-refractivity contribution in [2.24, 2.45) is 5.10 Å². The van der Waals surface area contributed by atoms with Gasteiger partial charge in [-0.15, -0.1) is 0 Å². The van der Waals surface area contributed by atoms with Crippen LogP contribution in [0.25, 0.3) is 0 Å². The van der Waals surface area contributed by atoms with Gasteiger partial charge in [0.05, 0.1) is 6.54 Å². The van der Waals surface area contributed by atoms with Gasteiger partial charge >= 0.3 is 0 Å². The fraction of sp³-hybridized carbons (Fsp3) is 0.318. The predicted octanol–water partition coefficient (Wildman–Crippen LogP) is 3.95. The van der Waals surface area contributed by atoms with Crippen LogP contribution in [0.3, 0.4) is 0 Å². The maximum Gasteiger partial charge on any atom is 0.274 e. The molecule has 0 saturated heterocycles. The first kappa shape index (κ1) is 18.8. The highest BCUT2D eigenvalue weighted by Crippen LogP contribution is 2.22. The number of hydrogen-bond donors (Lipinski definition) is 0. The van der Waals surface area contributed by atoms with E-state index in [9.17, 15) is 9.59 Å². The first-order valence-electron chi connectivity index (χ1n) is 9.25. The quantitative estimate of drug-likeness (QED) is 0.808. The van der Waals surface area contributed by atoms with Gasteiger partial charge in [0.2, 0.25) is 5.91 Å². The molecule has 0 bridgehead atoms. The Hall–Kier alpha value is -2.95. The van der Waals surface area contributed by atoms with Gasteiger partial charge in [-0.1, -0.05) is 56.3 Å². The van der Waals surface area contributed by atoms with E-state index in [1.54, 1.807) is 11.9 Å². The standard InChI is InChI=1S/C22H25N3O2/c1-16(2)18-10-7-11-19(14-18)24(3)22(27)20-12-13-21(26)25(23-20)15-17-8-5-4-6-9-17/h4-11,14,16H,12-13,15H2,1-3H3. The number of hydrogen-bond acceptors (Lipinski definition) is 3. The smallest absolute Gasteiger partial charge is 0.274 e. The molecule has 0 atom stereocenters. The van der Waals surface area contributed by atoms with Crippen molar-refractivity contribution in [1.82, 2.24) is 5.01 Å². The van der Waals surface area contributed by atoms with E-state index in [2.05, 4.69) is 25.0 Å². The van der Waals surface area contributed by atoms with Crippen LogP contribution in [0.15, 0.2) is 59.7 Å². The minimum absolute atomic E-state index is 0.0557. The molecule has 5 nitrogen and oxygen atoms in total. The maximum absolute atomic E-state index is 12.9. The van der Waals surface area contributed by atoms with Crippen molar-refractivity contribution in [2.75, 3.05) is 11.9 Å². The van der Waals surface area contributed by atoms with E-state index < -0.39 is 0 Å². The molecule has 0 spiro atoms. The minimum atomic E-state index is -0.165. The van der Waals surface area contributed by atoms with Crippen LogP contribution in [0.4, 0.5) is 5.69 Å². The summed E-state index contributed by atoms with van der Waals surface area (Å²) in [5, 5.41) is 5.78. The lowest BCUT2D eigenvalue weighted by atomic mass is 10.0. The third-order valence-electron chi connectivity index (χ3n) is 4.76. The average molecular weight is 363 g/mol. The molecule has 1 aliphatic heterocycles. The van der Waals surface area contributed by atoms with Gasteiger partial charge in [0.25, 0.3) is 5.91 Å². The Balaban J connectivity index is 1.79. The van der Waals surface area contributed by atoms with Crippen LogP contribution in [0, 0.1) is 0 Å². The second-order valence-electron chi connectivity index (χ2n) is 7.10. The Morgan fingerprint density at radius 3 is 2.56 bits per heavy atom. The van der Waals surface area contributed by atoms with Crippen molar-refractivity contribution in [1.29, 1.82) is 0 Å². The van der Waals surface area contributed by atoms with Gasteiger partial charge in [0.15, 0.2) is 0 Å². The molecule has 3 rings (SSSR count). The van der Waals surface area contributed by atoms with Crippen molar-refractivity contribution >= 4 is 23.2 Å². The SMILES string of the molecule is CC(C)c1cccc(N(C)C(=O)C2=NN(Cc3ccccc3)C(=O)CC2)c1. The summed E-state index contributed by atoms with van der Waals surface area (Å²) in [6, 6.07) is 17.6. The zero-order valence-electron chi connectivity index (χ0n) is 16.1. The van der Waals surface area contributed by atoms with Gasteiger partial charge in [0.1, 0.15) is 5.71 Å². The molecule has 1 heterocycles. The van der Waals surface area contributed by atoms with E-state index in [0.717, 1.165) is 11.3 Å². The van der Waals surface area contributed by atoms with E-state index in [4.69, 9.17) is 0 Å². The van der Waals surface area contributed by atoms with Crippen molar-refractivity contribution in [3.05, 3.63) is 65.7 Å². The summed E-state index contributed by atoms with van der Waals surface area (Å²) < 4.78 is 0. The van der Waals surface area contributed by atoms with Crippen molar-refractivity contribution in [3.63, 3.8) is 0 Å². The monoisotopic (exact) mass is 363 g/mol. The summed E-state index contributed by atoms with van der Waals surface area (Å²) in [5.74, 6) is 0.167. The second kappa shape index (κ2) is 8.16. The van der Waals surface area contributed by atoms with Crippen molar-refractivity contribution < 1.29 is 9.59 Å². The van der Waals surface area contributed by atoms with Crippen molar-refractivity contribution in [3.8, 4) is 0 Å². The molecular weight excluding hydrogens is 338 g/mol. The number of carbonyl (C=O) groups excluding carboxylic acids is 2. The van der Waals surface area contributed by atoms with Crippen LogP contribution in [-0.2, 0) is 16.1 Å². The number of benzene rings is 2. The van der Waals surface area contributed by atoms with E-state index in [1.807, 2.05) is 48.5 Å². The predicted molar refractivity (Wildman–Crippen MR) is 108 cm³/mol. The molecule has 0 aliphatic carbocycles. The first-order valence-corrected chi connectivity index (χ1v) is 9.25. The highest BCUT2D eigenvalue weighted by molar-refractivity contribution is 6.44. The number of anilines is 1. The Bertz CT molecular complexity index is 859. The Morgan fingerprint density at radius 1 is 1.11 bits per heavy atom. The van der Waals surface area contributed by atoms with Gasteiger partial charge in [-0.05, 0) is 29.2 Å². The largest absolute Gasteiger partial charge is 0.310 e. The molecule has 2 amide bonds. The Morgan fingerprint density at radius 2 is 1.85 bits per heavy atom. The molecule has 1 aliphatic rings. The van der Waals surface area contributed by atoms with Crippen molar-refractivity contribution in [2.45, 2.75) is 39.2 Å². The fourth-order valence-electron chi connectivity index (χ4n) is 3.04. The highest BCUT2D eigenvalue weighted by atomic mass is 16.2. The molecule has 0 saturated carbocycles. The zero-order chi connectivity index (χ0) is 19.4. The first-order chi connectivity index (χ1) is 13.0. The fourth-order valence-corrected chi connectivity index (χ4v) is 3.04. The summed E-state index contributed by atoms with van der Waals surface area (Å²) in [7, 11) is 1.75. The molecule has 2 aromatic carbocycles. The summed E-state index contributed by atoms with van der Waals surface area (Å²) in [6.07, 6.45) is 0.675. The molecule has 0 N–H and O–H groups in total. The topological polar surface area (TPSA) is 53.0 Å². The molecule has 5 heteroatoms. The van der Waals surface area contributed by atoms with Crippen LogP contribution in [-0.4, -0.2) is 29.6 Å². The van der Waals surface area contributed by atoms with Gasteiger partial charge in [-0.25, -0.2) is 5.01 Å².